The number of phenols is 1. The number of rotatable bonds is 9. The Hall–Kier alpha value is -3.32. The summed E-state index contributed by atoms with van der Waals surface area (Å²) in [6.45, 7) is 13.9. The molecule has 0 amide bonds. The van der Waals surface area contributed by atoms with Gasteiger partial charge in [0.05, 0.1) is 0 Å². The van der Waals surface area contributed by atoms with Crippen LogP contribution in [-0.2, 0) is 35.5 Å². The monoisotopic (exact) mass is 490 g/mol. The third-order valence-electron chi connectivity index (χ3n) is 8.04. The summed E-state index contributed by atoms with van der Waals surface area (Å²) in [5.41, 5.74) is 7.43. The molecule has 37 heavy (non-hydrogen) atoms. The van der Waals surface area contributed by atoms with Crippen molar-refractivity contribution < 1.29 is 5.11 Å². The van der Waals surface area contributed by atoms with E-state index < -0.39 is 0 Å². The summed E-state index contributed by atoms with van der Waals surface area (Å²) in [5, 5.41) is 11.3. The van der Waals surface area contributed by atoms with Crippen LogP contribution in [0.2, 0.25) is 0 Å². The molecule has 1 nitrogen and oxygen atoms in total. The van der Waals surface area contributed by atoms with Crippen molar-refractivity contribution in [3.05, 3.63) is 137 Å². The largest absolute Gasteiger partial charge is 0.508 e. The fourth-order valence-electron chi connectivity index (χ4n) is 5.65. The van der Waals surface area contributed by atoms with Gasteiger partial charge in [-0.1, -0.05) is 139 Å². The number of hydrogen-bond acceptors (Lipinski definition) is 1. The van der Waals surface area contributed by atoms with Crippen LogP contribution < -0.4 is 0 Å². The Balaban J connectivity index is 1.82. The van der Waals surface area contributed by atoms with Crippen LogP contribution in [0.1, 0.15) is 74.9 Å². The van der Waals surface area contributed by atoms with Crippen LogP contribution in [0.5, 0.6) is 5.75 Å². The maximum atomic E-state index is 11.3. The summed E-state index contributed by atoms with van der Waals surface area (Å²) >= 11 is 0. The Morgan fingerprint density at radius 3 is 1.19 bits per heavy atom. The lowest BCUT2D eigenvalue weighted by Gasteiger charge is -2.33. The lowest BCUT2D eigenvalue weighted by molar-refractivity contribution is 0.440. The Bertz CT molecular complexity index is 1300. The molecule has 4 rings (SSSR count). The summed E-state index contributed by atoms with van der Waals surface area (Å²) in [6.07, 6.45) is 2.56. The summed E-state index contributed by atoms with van der Waals surface area (Å²) in [5.74, 6) is 0.407. The second-order valence-corrected chi connectivity index (χ2v) is 12.5. The Morgan fingerprint density at radius 1 is 0.432 bits per heavy atom. The van der Waals surface area contributed by atoms with Crippen molar-refractivity contribution in [1.29, 1.82) is 0 Å². The van der Waals surface area contributed by atoms with Gasteiger partial charge in [-0.15, -0.1) is 0 Å². The summed E-state index contributed by atoms with van der Waals surface area (Å²) in [6, 6.07) is 36.3. The van der Waals surface area contributed by atoms with E-state index in [2.05, 4.69) is 139 Å². The third kappa shape index (κ3) is 6.16. The molecule has 0 atom stereocenters. The van der Waals surface area contributed by atoms with Gasteiger partial charge in [-0.2, -0.15) is 0 Å². The van der Waals surface area contributed by atoms with Crippen molar-refractivity contribution in [2.24, 2.45) is 0 Å². The highest BCUT2D eigenvalue weighted by Gasteiger charge is 2.31. The quantitative estimate of drug-likeness (QED) is 0.248. The molecule has 4 aromatic carbocycles. The molecule has 0 aliphatic carbocycles. The molecule has 0 heterocycles. The summed E-state index contributed by atoms with van der Waals surface area (Å²) in [7, 11) is 0. The van der Waals surface area contributed by atoms with Gasteiger partial charge < -0.3 is 5.11 Å². The Morgan fingerprint density at radius 2 is 0.784 bits per heavy atom. The Kier molecular flexibility index (Phi) is 7.64. The van der Waals surface area contributed by atoms with Crippen molar-refractivity contribution in [3.63, 3.8) is 0 Å². The minimum atomic E-state index is -0.113. The highest BCUT2D eigenvalue weighted by atomic mass is 16.3. The van der Waals surface area contributed by atoms with E-state index in [0.717, 1.165) is 24.8 Å². The molecule has 0 aliphatic rings. The SMILES string of the molecule is CC(C)(Cc1ccc(O)c(CC(C)(C)c2ccccc2)c1CC(C)(C)c1ccccc1)c1ccccc1. The maximum absolute atomic E-state index is 11.3. The lowest BCUT2D eigenvalue weighted by atomic mass is 9.71. The predicted octanol–water partition coefficient (Wildman–Crippen LogP) is 8.95. The van der Waals surface area contributed by atoms with Gasteiger partial charge in [-0.25, -0.2) is 0 Å². The zero-order chi connectivity index (χ0) is 26.7. The first-order valence-corrected chi connectivity index (χ1v) is 13.5. The first-order valence-electron chi connectivity index (χ1n) is 13.5. The average Bonchev–Trinajstić information content (AvgIpc) is 2.89. The summed E-state index contributed by atoms with van der Waals surface area (Å²) < 4.78 is 0. The van der Waals surface area contributed by atoms with Crippen LogP contribution in [0.25, 0.3) is 0 Å². The third-order valence-corrected chi connectivity index (χ3v) is 8.04. The molecule has 1 heteroatoms. The zero-order valence-electron chi connectivity index (χ0n) is 23.4. The van der Waals surface area contributed by atoms with E-state index in [4.69, 9.17) is 0 Å². The van der Waals surface area contributed by atoms with Gasteiger partial charge in [-0.05, 0) is 75.0 Å². The van der Waals surface area contributed by atoms with E-state index in [0.29, 0.717) is 5.75 Å². The van der Waals surface area contributed by atoms with Gasteiger partial charge in [0.15, 0.2) is 0 Å². The molecule has 0 spiro atoms. The van der Waals surface area contributed by atoms with Crippen molar-refractivity contribution in [2.75, 3.05) is 0 Å². The number of aromatic hydroxyl groups is 1. The van der Waals surface area contributed by atoms with Crippen LogP contribution in [0, 0.1) is 0 Å². The maximum Gasteiger partial charge on any atom is 0.119 e. The highest BCUT2D eigenvalue weighted by molar-refractivity contribution is 5.49. The molecule has 0 fully saturated rings. The second kappa shape index (κ2) is 10.6. The molecular formula is C36H42O. The average molecular weight is 491 g/mol. The fraction of sp³-hybridized carbons (Fsp3) is 0.333. The molecule has 0 aliphatic heterocycles. The van der Waals surface area contributed by atoms with E-state index in [9.17, 15) is 5.11 Å². The Labute approximate surface area is 224 Å². The van der Waals surface area contributed by atoms with Crippen LogP contribution in [-0.4, -0.2) is 5.11 Å². The minimum Gasteiger partial charge on any atom is -0.508 e. The molecule has 1 N–H and O–H groups in total. The molecule has 0 saturated heterocycles. The van der Waals surface area contributed by atoms with Gasteiger partial charge in [0.25, 0.3) is 0 Å². The van der Waals surface area contributed by atoms with Crippen LogP contribution in [0.3, 0.4) is 0 Å². The van der Waals surface area contributed by atoms with Crippen LogP contribution in [0.15, 0.2) is 103 Å². The van der Waals surface area contributed by atoms with Crippen LogP contribution in [0.4, 0.5) is 0 Å². The van der Waals surface area contributed by atoms with Gasteiger partial charge in [-0.3, -0.25) is 0 Å². The van der Waals surface area contributed by atoms with Crippen LogP contribution >= 0.6 is 0 Å². The first kappa shape index (κ1) is 26.7. The molecule has 0 bridgehead atoms. The normalized spacial score (nSPS) is 12.5. The van der Waals surface area contributed by atoms with Gasteiger partial charge in [0.2, 0.25) is 0 Å². The topological polar surface area (TPSA) is 20.2 Å². The minimum absolute atomic E-state index is 0.0317. The molecule has 0 unspecified atom stereocenters. The van der Waals surface area contributed by atoms with Crippen molar-refractivity contribution in [1.82, 2.24) is 0 Å². The van der Waals surface area contributed by atoms with E-state index >= 15 is 0 Å². The van der Waals surface area contributed by atoms with Crippen molar-refractivity contribution in [2.45, 2.75) is 77.0 Å². The lowest BCUT2D eigenvalue weighted by Crippen LogP contribution is -2.27. The summed E-state index contributed by atoms with van der Waals surface area (Å²) in [4.78, 5) is 0. The first-order chi connectivity index (χ1) is 17.5. The van der Waals surface area contributed by atoms with Crippen molar-refractivity contribution in [3.8, 4) is 5.75 Å². The van der Waals surface area contributed by atoms with Crippen molar-refractivity contribution >= 4 is 0 Å². The smallest absolute Gasteiger partial charge is 0.119 e. The van der Waals surface area contributed by atoms with E-state index in [1.165, 1.54) is 27.8 Å². The predicted molar refractivity (Wildman–Crippen MR) is 158 cm³/mol. The molecule has 192 valence electrons. The molecule has 0 radical (unpaired) electrons. The molecule has 4 aromatic rings. The number of benzene rings is 4. The molecule has 0 saturated carbocycles. The molecule has 0 aromatic heterocycles. The zero-order valence-corrected chi connectivity index (χ0v) is 23.4. The highest BCUT2D eigenvalue weighted by Crippen LogP contribution is 2.40. The van der Waals surface area contributed by atoms with E-state index in [1.54, 1.807) is 0 Å². The molecular weight excluding hydrogens is 448 g/mol. The fourth-order valence-corrected chi connectivity index (χ4v) is 5.65. The standard InChI is InChI=1S/C36H42O/c1-34(2,28-16-10-7-11-17-28)24-27-22-23-33(37)32(26-36(5,6)30-20-14-9-15-21-30)31(27)25-35(3,4)29-18-12-8-13-19-29/h7-23,37H,24-26H2,1-6H3. The number of phenolic OH excluding ortho intramolecular Hbond substituents is 1. The van der Waals surface area contributed by atoms with Gasteiger partial charge in [0, 0.05) is 0 Å². The second-order valence-electron chi connectivity index (χ2n) is 12.5. The van der Waals surface area contributed by atoms with E-state index in [-0.39, 0.29) is 16.2 Å². The van der Waals surface area contributed by atoms with Gasteiger partial charge in [0.1, 0.15) is 5.75 Å². The van der Waals surface area contributed by atoms with E-state index in [1.807, 2.05) is 6.07 Å². The number of hydrogen-bond donors (Lipinski definition) is 1. The van der Waals surface area contributed by atoms with Gasteiger partial charge >= 0.3 is 0 Å².